The van der Waals surface area contributed by atoms with E-state index in [-0.39, 0.29) is 13.0 Å². The van der Waals surface area contributed by atoms with Crippen molar-refractivity contribution < 1.29 is 62.0 Å². The maximum Gasteiger partial charge on any atom is 0.349 e. The van der Waals surface area contributed by atoms with Crippen molar-refractivity contribution in [1.82, 2.24) is 10.6 Å². The highest BCUT2D eigenvalue weighted by atomic mass is 32.2. The standard InChI is InChI=1S/C29H38N2O13S/c1-15-8-10-21(11-9-15)45-29(28(38)39-7)12-22(41-18(4)34)25(31-24(37)14-40-17(3)33)27(44-29)26(43-20(6)36)23(42-19(5)35)13-30-16(2)32/h8-11,22-23,25-27H,12-14H2,1-7H3,(H,30,32)(H,31,37)/t22-,23+,25+,26+,27+,29-/m0/s1. The van der Waals surface area contributed by atoms with E-state index < -0.39 is 83.7 Å². The van der Waals surface area contributed by atoms with Crippen LogP contribution in [0, 0.1) is 6.92 Å². The summed E-state index contributed by atoms with van der Waals surface area (Å²) in [5.41, 5.74) is 0.930. The minimum Gasteiger partial charge on any atom is -0.466 e. The second-order valence-corrected chi connectivity index (χ2v) is 11.5. The third-order valence-electron chi connectivity index (χ3n) is 6.26. The Morgan fingerprint density at radius 1 is 0.933 bits per heavy atom. The highest BCUT2D eigenvalue weighted by Gasteiger charge is 2.58. The van der Waals surface area contributed by atoms with Crippen LogP contribution in [0.4, 0.5) is 0 Å². The quantitative estimate of drug-likeness (QED) is 0.223. The van der Waals surface area contributed by atoms with Crippen molar-refractivity contribution in [3.05, 3.63) is 29.8 Å². The average Bonchev–Trinajstić information content (AvgIpc) is 2.94. The Hall–Kier alpha value is -4.18. The number of carbonyl (C=O) groups excluding carboxylic acids is 7. The first-order valence-electron chi connectivity index (χ1n) is 13.8. The minimum absolute atomic E-state index is 0.371. The Balaban J connectivity index is 2.80. The van der Waals surface area contributed by atoms with Crippen LogP contribution in [0.5, 0.6) is 0 Å². The molecule has 6 atom stereocenters. The minimum atomic E-state index is -1.97. The molecule has 1 aromatic carbocycles. The van der Waals surface area contributed by atoms with Gasteiger partial charge in [0.05, 0.1) is 19.7 Å². The van der Waals surface area contributed by atoms with Crippen molar-refractivity contribution in [2.45, 2.75) is 88.2 Å². The number of carbonyl (C=O) groups is 7. The second-order valence-electron chi connectivity index (χ2n) is 10.1. The molecule has 1 aliphatic rings. The number of amides is 2. The topological polar surface area (TPSA) is 199 Å². The summed E-state index contributed by atoms with van der Waals surface area (Å²) >= 11 is 0.915. The molecule has 248 valence electrons. The van der Waals surface area contributed by atoms with Gasteiger partial charge in [-0.3, -0.25) is 28.8 Å². The summed E-state index contributed by atoms with van der Waals surface area (Å²) in [7, 11) is 1.12. The number of thioether (sulfide) groups is 1. The molecular formula is C29H38N2O13S. The maximum atomic E-state index is 13.5. The molecule has 16 heteroatoms. The van der Waals surface area contributed by atoms with E-state index >= 15 is 0 Å². The SMILES string of the molecule is COC(=O)[C@@]1(Sc2ccc(C)cc2)C[C@H](OC(C)=O)[C@@H](NC(=O)COC(C)=O)[C@H]([C@H](OC(C)=O)[C@@H](CNC(C)=O)OC(C)=O)O1. The second kappa shape index (κ2) is 16.8. The molecule has 0 spiro atoms. The number of rotatable bonds is 13. The van der Waals surface area contributed by atoms with E-state index in [1.165, 1.54) is 6.92 Å². The summed E-state index contributed by atoms with van der Waals surface area (Å²) < 4.78 is 33.0. The van der Waals surface area contributed by atoms with Gasteiger partial charge in [0.25, 0.3) is 5.91 Å². The molecule has 0 unspecified atom stereocenters. The number of aryl methyl sites for hydroxylation is 1. The monoisotopic (exact) mass is 654 g/mol. The van der Waals surface area contributed by atoms with Gasteiger partial charge in [0.15, 0.2) is 18.8 Å². The molecule has 0 saturated carbocycles. The van der Waals surface area contributed by atoms with Crippen LogP contribution < -0.4 is 10.6 Å². The van der Waals surface area contributed by atoms with E-state index in [4.69, 9.17) is 28.4 Å². The summed E-state index contributed by atoms with van der Waals surface area (Å²) in [6.07, 6.45) is -6.34. The third kappa shape index (κ3) is 11.4. The van der Waals surface area contributed by atoms with Gasteiger partial charge in [0.1, 0.15) is 12.2 Å². The number of ether oxygens (including phenoxy) is 6. The van der Waals surface area contributed by atoms with Gasteiger partial charge in [-0.15, -0.1) is 0 Å². The van der Waals surface area contributed by atoms with Gasteiger partial charge in [-0.1, -0.05) is 29.5 Å². The van der Waals surface area contributed by atoms with Crippen LogP contribution >= 0.6 is 11.8 Å². The molecule has 45 heavy (non-hydrogen) atoms. The Kier molecular flexibility index (Phi) is 13.8. The fourth-order valence-electron chi connectivity index (χ4n) is 4.53. The zero-order chi connectivity index (χ0) is 33.9. The normalized spacial score (nSPS) is 22.1. The zero-order valence-electron chi connectivity index (χ0n) is 26.0. The summed E-state index contributed by atoms with van der Waals surface area (Å²) in [5, 5.41) is 5.06. The highest BCUT2D eigenvalue weighted by Crippen LogP contribution is 2.46. The fraction of sp³-hybridized carbons (Fsp3) is 0.552. The number of hydrogen-bond acceptors (Lipinski definition) is 14. The molecular weight excluding hydrogens is 616 g/mol. The number of methoxy groups -OCH3 is 1. The molecule has 1 aliphatic heterocycles. The van der Waals surface area contributed by atoms with Crippen LogP contribution in [-0.4, -0.2) is 97.3 Å². The summed E-state index contributed by atoms with van der Waals surface area (Å²) in [6, 6.07) is 5.65. The number of nitrogens with one attached hydrogen (secondary N) is 2. The van der Waals surface area contributed by atoms with Gasteiger partial charge in [-0.2, -0.15) is 0 Å². The van der Waals surface area contributed by atoms with Crippen molar-refractivity contribution in [2.24, 2.45) is 0 Å². The fourth-order valence-corrected chi connectivity index (χ4v) is 5.76. The lowest BCUT2D eigenvalue weighted by Crippen LogP contribution is -2.68. The lowest BCUT2D eigenvalue weighted by molar-refractivity contribution is -0.221. The Bertz CT molecular complexity index is 1270. The summed E-state index contributed by atoms with van der Waals surface area (Å²) in [4.78, 5) is 85.2. The van der Waals surface area contributed by atoms with Gasteiger partial charge >= 0.3 is 29.8 Å². The molecule has 15 nitrogen and oxygen atoms in total. The maximum absolute atomic E-state index is 13.5. The Morgan fingerprint density at radius 2 is 1.56 bits per heavy atom. The molecule has 0 aromatic heterocycles. The molecule has 0 bridgehead atoms. The predicted octanol–water partition coefficient (Wildman–Crippen LogP) is 0.724. The highest BCUT2D eigenvalue weighted by molar-refractivity contribution is 8.01. The van der Waals surface area contributed by atoms with Crippen LogP contribution in [0.1, 0.15) is 46.6 Å². The Morgan fingerprint density at radius 3 is 2.07 bits per heavy atom. The van der Waals surface area contributed by atoms with Crippen molar-refractivity contribution in [3.8, 4) is 0 Å². The van der Waals surface area contributed by atoms with Crippen LogP contribution in [0.15, 0.2) is 29.2 Å². The average molecular weight is 655 g/mol. The van der Waals surface area contributed by atoms with E-state index in [0.717, 1.165) is 52.1 Å². The summed E-state index contributed by atoms with van der Waals surface area (Å²) in [5.74, 6) is -5.52. The third-order valence-corrected chi connectivity index (χ3v) is 7.53. The van der Waals surface area contributed by atoms with E-state index in [2.05, 4.69) is 10.6 Å². The predicted molar refractivity (Wildman–Crippen MR) is 155 cm³/mol. The van der Waals surface area contributed by atoms with Crippen molar-refractivity contribution in [1.29, 1.82) is 0 Å². The van der Waals surface area contributed by atoms with Crippen molar-refractivity contribution in [3.63, 3.8) is 0 Å². The first-order chi connectivity index (χ1) is 21.1. The van der Waals surface area contributed by atoms with Gasteiger partial charge < -0.3 is 39.1 Å². The van der Waals surface area contributed by atoms with E-state index in [9.17, 15) is 33.6 Å². The molecule has 2 N–H and O–H groups in total. The molecule has 1 saturated heterocycles. The van der Waals surface area contributed by atoms with Gasteiger partial charge in [-0.05, 0) is 19.1 Å². The van der Waals surface area contributed by atoms with Gasteiger partial charge in [-0.25, -0.2) is 4.79 Å². The lowest BCUT2D eigenvalue weighted by Gasteiger charge is -2.48. The lowest BCUT2D eigenvalue weighted by atomic mass is 9.89. The van der Waals surface area contributed by atoms with E-state index in [1.807, 2.05) is 6.92 Å². The summed E-state index contributed by atoms with van der Waals surface area (Å²) in [6.45, 7) is 6.31. The largest absolute Gasteiger partial charge is 0.466 e. The zero-order valence-corrected chi connectivity index (χ0v) is 26.8. The number of benzene rings is 1. The van der Waals surface area contributed by atoms with Crippen LogP contribution in [0.2, 0.25) is 0 Å². The molecule has 1 fully saturated rings. The first kappa shape index (κ1) is 37.0. The van der Waals surface area contributed by atoms with Crippen LogP contribution in [-0.2, 0) is 62.0 Å². The first-order valence-corrected chi connectivity index (χ1v) is 14.6. The van der Waals surface area contributed by atoms with Gasteiger partial charge in [0.2, 0.25) is 10.8 Å². The molecule has 2 rings (SSSR count). The van der Waals surface area contributed by atoms with E-state index in [0.29, 0.717) is 4.90 Å². The molecule has 0 aliphatic carbocycles. The van der Waals surface area contributed by atoms with Crippen molar-refractivity contribution in [2.75, 3.05) is 20.3 Å². The number of esters is 5. The van der Waals surface area contributed by atoms with Crippen LogP contribution in [0.3, 0.4) is 0 Å². The Labute approximate surface area is 264 Å². The molecule has 1 heterocycles. The van der Waals surface area contributed by atoms with Crippen molar-refractivity contribution >= 4 is 53.4 Å². The molecule has 0 radical (unpaired) electrons. The van der Waals surface area contributed by atoms with E-state index in [1.54, 1.807) is 24.3 Å². The number of hydrogen-bond donors (Lipinski definition) is 2. The molecule has 1 aromatic rings. The smallest absolute Gasteiger partial charge is 0.349 e. The van der Waals surface area contributed by atoms with Crippen LogP contribution in [0.25, 0.3) is 0 Å². The van der Waals surface area contributed by atoms with Gasteiger partial charge in [0, 0.05) is 45.9 Å². The molecule has 2 amide bonds.